The number of fused-ring (bicyclic) bond motifs is 1. The van der Waals surface area contributed by atoms with E-state index in [-0.39, 0.29) is 23.8 Å². The van der Waals surface area contributed by atoms with E-state index in [2.05, 4.69) is 30.8 Å². The first-order valence-corrected chi connectivity index (χ1v) is 12.6. The van der Waals surface area contributed by atoms with Crippen LogP contribution in [0.2, 0.25) is 0 Å². The molecular formula is C27H31F2N7O2. The van der Waals surface area contributed by atoms with Crippen molar-refractivity contribution in [2.24, 2.45) is 9.98 Å². The van der Waals surface area contributed by atoms with E-state index >= 15 is 0 Å². The van der Waals surface area contributed by atoms with Crippen LogP contribution in [0.15, 0.2) is 52.7 Å². The number of methoxy groups -OCH3 is 1. The molecule has 0 spiro atoms. The molecule has 1 amide bonds. The number of nitrogens with one attached hydrogen (secondary N) is 3. The summed E-state index contributed by atoms with van der Waals surface area (Å²) >= 11 is 0. The van der Waals surface area contributed by atoms with Gasteiger partial charge in [0.25, 0.3) is 5.91 Å². The van der Waals surface area contributed by atoms with Crippen molar-refractivity contribution in [2.75, 3.05) is 58.2 Å². The van der Waals surface area contributed by atoms with Crippen molar-refractivity contribution in [1.29, 1.82) is 0 Å². The predicted octanol–water partition coefficient (Wildman–Crippen LogP) is 2.67. The number of amidine groups is 2. The van der Waals surface area contributed by atoms with Gasteiger partial charge in [-0.25, -0.2) is 9.38 Å². The summed E-state index contributed by atoms with van der Waals surface area (Å²) in [7, 11) is 1.30. The van der Waals surface area contributed by atoms with Crippen LogP contribution in [0.3, 0.4) is 0 Å². The number of rotatable bonds is 7. The van der Waals surface area contributed by atoms with Crippen molar-refractivity contribution in [3.8, 4) is 5.75 Å². The van der Waals surface area contributed by atoms with Crippen LogP contribution in [0.5, 0.6) is 5.75 Å². The van der Waals surface area contributed by atoms with E-state index in [1.54, 1.807) is 23.4 Å². The Balaban J connectivity index is 1.22. The SMILES string of the molecule is COc1ccc(C2CN=C3C(Nc4ccc(C(=O)NCCN5CCNCC5)c(C)c4)=NC=CN32)c(F)c1F. The summed E-state index contributed by atoms with van der Waals surface area (Å²) < 4.78 is 34.0. The average Bonchev–Trinajstić information content (AvgIpc) is 3.36. The van der Waals surface area contributed by atoms with Crippen LogP contribution in [-0.2, 0) is 0 Å². The number of hydrogen-bond acceptors (Lipinski definition) is 8. The number of halogens is 2. The Kier molecular flexibility index (Phi) is 7.66. The molecule has 3 aliphatic heterocycles. The molecule has 0 aromatic heterocycles. The molecule has 2 aromatic rings. The molecule has 0 bridgehead atoms. The molecule has 0 aliphatic carbocycles. The Bertz CT molecular complexity index is 1300. The number of benzene rings is 2. The van der Waals surface area contributed by atoms with E-state index in [1.165, 1.54) is 19.2 Å². The summed E-state index contributed by atoms with van der Waals surface area (Å²) in [5.41, 5.74) is 2.36. The van der Waals surface area contributed by atoms with Gasteiger partial charge in [-0.3, -0.25) is 14.7 Å². The maximum atomic E-state index is 14.8. The summed E-state index contributed by atoms with van der Waals surface area (Å²) in [5.74, 6) is -1.21. The number of hydrogen-bond donors (Lipinski definition) is 3. The molecule has 1 unspecified atom stereocenters. The molecule has 11 heteroatoms. The van der Waals surface area contributed by atoms with Gasteiger partial charge >= 0.3 is 0 Å². The van der Waals surface area contributed by atoms with Crippen LogP contribution in [0.1, 0.15) is 27.5 Å². The zero-order valence-electron chi connectivity index (χ0n) is 21.4. The Morgan fingerprint density at radius 1 is 1.18 bits per heavy atom. The van der Waals surface area contributed by atoms with Gasteiger partial charge in [-0.05, 0) is 36.8 Å². The van der Waals surface area contributed by atoms with Crippen molar-refractivity contribution >= 4 is 23.3 Å². The third-order valence-corrected chi connectivity index (χ3v) is 6.95. The fourth-order valence-electron chi connectivity index (χ4n) is 4.89. The highest BCUT2D eigenvalue weighted by Gasteiger charge is 2.35. The highest BCUT2D eigenvalue weighted by atomic mass is 19.2. The van der Waals surface area contributed by atoms with Crippen LogP contribution >= 0.6 is 0 Å². The van der Waals surface area contributed by atoms with Gasteiger partial charge in [-0.1, -0.05) is 6.07 Å². The van der Waals surface area contributed by atoms with Crippen LogP contribution in [0.25, 0.3) is 0 Å². The smallest absolute Gasteiger partial charge is 0.251 e. The first kappa shape index (κ1) is 25.8. The number of carbonyl (C=O) groups is 1. The summed E-state index contributed by atoms with van der Waals surface area (Å²) in [6, 6.07) is 7.89. The molecule has 200 valence electrons. The summed E-state index contributed by atoms with van der Waals surface area (Å²) in [6.45, 7) is 7.48. The molecule has 0 saturated carbocycles. The van der Waals surface area contributed by atoms with Gasteiger partial charge < -0.3 is 25.6 Å². The number of piperazine rings is 1. The maximum Gasteiger partial charge on any atom is 0.251 e. The third kappa shape index (κ3) is 5.25. The first-order chi connectivity index (χ1) is 18.5. The maximum absolute atomic E-state index is 14.8. The standard InChI is InChI=1S/C27H31F2N7O2/c1-17-15-18(3-4-19(17)27(37)32-9-13-35-11-7-30-8-12-35)34-25-26-33-16-21(36(26)14-10-31-25)20-5-6-22(38-2)24(29)23(20)28/h3-6,10,14-15,21,30H,7-9,11-13,16H2,1-2H3,(H,31,34)(H,32,37). The molecule has 0 radical (unpaired) electrons. The van der Waals surface area contributed by atoms with Gasteiger partial charge in [0.05, 0.1) is 19.7 Å². The van der Waals surface area contributed by atoms with Crippen LogP contribution in [0, 0.1) is 18.6 Å². The second-order valence-electron chi connectivity index (χ2n) is 9.35. The number of ether oxygens (including phenoxy) is 1. The summed E-state index contributed by atoms with van der Waals surface area (Å²) in [6.07, 6.45) is 3.28. The molecule has 3 N–H and O–H groups in total. The molecular weight excluding hydrogens is 492 g/mol. The van der Waals surface area contributed by atoms with Crippen molar-refractivity contribution in [2.45, 2.75) is 13.0 Å². The van der Waals surface area contributed by atoms with Gasteiger partial charge in [0.15, 0.2) is 23.2 Å². The lowest BCUT2D eigenvalue weighted by Gasteiger charge is -2.27. The van der Waals surface area contributed by atoms with Gasteiger partial charge in [-0.15, -0.1) is 0 Å². The number of nitrogens with zero attached hydrogens (tertiary/aromatic N) is 4. The van der Waals surface area contributed by atoms with Crippen molar-refractivity contribution in [3.05, 3.63) is 71.1 Å². The zero-order chi connectivity index (χ0) is 26.6. The number of anilines is 1. The van der Waals surface area contributed by atoms with E-state index in [4.69, 9.17) is 4.74 Å². The second kappa shape index (κ2) is 11.3. The van der Waals surface area contributed by atoms with Gasteiger partial charge in [-0.2, -0.15) is 4.39 Å². The quantitative estimate of drug-likeness (QED) is 0.517. The minimum atomic E-state index is -1.02. The Hall–Kier alpha value is -3.83. The lowest BCUT2D eigenvalue weighted by atomic mass is 10.0. The molecule has 9 nitrogen and oxygen atoms in total. The molecule has 1 atom stereocenters. The average molecular weight is 524 g/mol. The Morgan fingerprint density at radius 3 is 2.76 bits per heavy atom. The third-order valence-electron chi connectivity index (χ3n) is 6.95. The first-order valence-electron chi connectivity index (χ1n) is 12.6. The molecule has 2 aromatic carbocycles. The molecule has 3 heterocycles. The van der Waals surface area contributed by atoms with Crippen molar-refractivity contribution < 1.29 is 18.3 Å². The normalized spacial score (nSPS) is 19.1. The van der Waals surface area contributed by atoms with Crippen molar-refractivity contribution in [1.82, 2.24) is 20.4 Å². The van der Waals surface area contributed by atoms with E-state index in [1.807, 2.05) is 19.1 Å². The van der Waals surface area contributed by atoms with Gasteiger partial charge in [0.2, 0.25) is 5.82 Å². The minimum absolute atomic E-state index is 0.106. The highest BCUT2D eigenvalue weighted by molar-refractivity contribution is 6.45. The number of aliphatic imine (C=N–C) groups is 2. The fraction of sp³-hybridized carbons (Fsp3) is 0.370. The van der Waals surface area contributed by atoms with Crippen LogP contribution in [0.4, 0.5) is 14.5 Å². The van der Waals surface area contributed by atoms with Gasteiger partial charge in [0.1, 0.15) is 0 Å². The molecule has 5 rings (SSSR count). The Labute approximate surface area is 220 Å². The van der Waals surface area contributed by atoms with Crippen LogP contribution < -0.4 is 20.7 Å². The molecule has 38 heavy (non-hydrogen) atoms. The van der Waals surface area contributed by atoms with E-state index < -0.39 is 17.7 Å². The largest absolute Gasteiger partial charge is 0.494 e. The minimum Gasteiger partial charge on any atom is -0.494 e. The second-order valence-corrected chi connectivity index (χ2v) is 9.35. The summed E-state index contributed by atoms with van der Waals surface area (Å²) in [4.78, 5) is 25.8. The van der Waals surface area contributed by atoms with Crippen LogP contribution in [-0.4, -0.2) is 80.3 Å². The number of aryl methyl sites for hydroxylation is 1. The number of carbonyl (C=O) groups excluding carboxylic acids is 1. The topological polar surface area (TPSA) is 93.6 Å². The molecule has 1 fully saturated rings. The summed E-state index contributed by atoms with van der Waals surface area (Å²) in [5, 5.41) is 9.59. The highest BCUT2D eigenvalue weighted by Crippen LogP contribution is 2.34. The Morgan fingerprint density at radius 2 is 2.00 bits per heavy atom. The molecule has 1 saturated heterocycles. The van der Waals surface area contributed by atoms with E-state index in [0.717, 1.165) is 44.0 Å². The number of amides is 1. The lowest BCUT2D eigenvalue weighted by molar-refractivity contribution is 0.0946. The fourth-order valence-corrected chi connectivity index (χ4v) is 4.89. The van der Waals surface area contributed by atoms with Gasteiger partial charge in [0, 0.05) is 68.5 Å². The van der Waals surface area contributed by atoms with E-state index in [0.29, 0.717) is 23.8 Å². The van der Waals surface area contributed by atoms with E-state index in [9.17, 15) is 13.6 Å². The monoisotopic (exact) mass is 523 g/mol. The predicted molar refractivity (Wildman–Crippen MR) is 143 cm³/mol. The zero-order valence-corrected chi connectivity index (χ0v) is 21.4. The van der Waals surface area contributed by atoms with Crippen molar-refractivity contribution in [3.63, 3.8) is 0 Å². The lowest BCUT2D eigenvalue weighted by Crippen LogP contribution is -2.46. The molecule has 3 aliphatic rings.